The summed E-state index contributed by atoms with van der Waals surface area (Å²) in [6.45, 7) is 16.7. The van der Waals surface area contributed by atoms with Crippen LogP contribution in [0, 0.1) is 0 Å². The van der Waals surface area contributed by atoms with Gasteiger partial charge in [0.2, 0.25) is 0 Å². The van der Waals surface area contributed by atoms with E-state index in [1.165, 1.54) is 0 Å². The van der Waals surface area contributed by atoms with E-state index in [0.717, 1.165) is 34.8 Å². The van der Waals surface area contributed by atoms with Crippen molar-refractivity contribution in [2.45, 2.75) is 0 Å². The molecule has 2 rings (SSSR count). The molecule has 0 unspecified atom stereocenters. The highest BCUT2D eigenvalue weighted by Crippen LogP contribution is 2.24. The van der Waals surface area contributed by atoms with E-state index < -0.39 is 0 Å². The second-order valence-corrected chi connectivity index (χ2v) is 5.45. The second kappa shape index (κ2) is 8.54. The van der Waals surface area contributed by atoms with Crippen molar-refractivity contribution < 1.29 is 0 Å². The molecule has 2 heterocycles. The van der Waals surface area contributed by atoms with E-state index in [-0.39, 0.29) is 0 Å². The van der Waals surface area contributed by atoms with Gasteiger partial charge in [-0.1, -0.05) is 31.9 Å². The topological polar surface area (TPSA) is 59.2 Å². The molecule has 0 saturated carbocycles. The van der Waals surface area contributed by atoms with Crippen molar-refractivity contribution >= 4 is 12.4 Å². The fourth-order valence-electron chi connectivity index (χ4n) is 2.29. The summed E-state index contributed by atoms with van der Waals surface area (Å²) in [5, 5.41) is 14.7. The molecule has 0 amide bonds. The first-order chi connectivity index (χ1) is 12.0. The van der Waals surface area contributed by atoms with Crippen molar-refractivity contribution in [2.75, 3.05) is 13.1 Å². The number of aromatic nitrogens is 3. The average Bonchev–Trinajstić information content (AvgIpc) is 3.22. The zero-order valence-electron chi connectivity index (χ0n) is 14.6. The predicted octanol–water partition coefficient (Wildman–Crippen LogP) is 2.76. The Morgan fingerprint density at radius 2 is 2.00 bits per heavy atom. The Morgan fingerprint density at radius 3 is 2.64 bits per heavy atom. The van der Waals surface area contributed by atoms with Crippen LogP contribution in [-0.4, -0.2) is 34.3 Å². The van der Waals surface area contributed by atoms with E-state index in [9.17, 15) is 0 Å². The van der Waals surface area contributed by atoms with Gasteiger partial charge in [-0.3, -0.25) is 4.68 Å². The second-order valence-electron chi connectivity index (χ2n) is 5.45. The highest BCUT2D eigenvalue weighted by molar-refractivity contribution is 5.69. The lowest BCUT2D eigenvalue weighted by molar-refractivity contribution is 0.752. The Hall–Kier alpha value is -3.28. The highest BCUT2D eigenvalue weighted by Gasteiger charge is 2.10. The van der Waals surface area contributed by atoms with E-state index in [1.54, 1.807) is 15.4 Å². The number of hydrogen-bond acceptors (Lipinski definition) is 4. The highest BCUT2D eigenvalue weighted by atomic mass is 15.3. The Labute approximate surface area is 148 Å². The van der Waals surface area contributed by atoms with Gasteiger partial charge in [-0.05, 0) is 12.1 Å². The zero-order valence-corrected chi connectivity index (χ0v) is 14.6. The van der Waals surface area contributed by atoms with Crippen LogP contribution in [0.25, 0.3) is 16.8 Å². The first-order valence-corrected chi connectivity index (χ1v) is 7.88. The van der Waals surface area contributed by atoms with Gasteiger partial charge in [0.05, 0.1) is 17.6 Å². The standard InChI is InChI=1S/C19H24N6/c1-6-7-8-15(2)21-9-10-22-16(3)19-11-17(14-25(19)20-4)18-12-23-24(5)13-18/h6-8,11-14,21-22H,1-4,9-10H2,5H3/b8-7-. The van der Waals surface area contributed by atoms with Gasteiger partial charge in [-0.15, -0.1) is 0 Å². The fraction of sp³-hybridized carbons (Fsp3) is 0.158. The average molecular weight is 336 g/mol. The third kappa shape index (κ3) is 4.84. The lowest BCUT2D eigenvalue weighted by atomic mass is 10.2. The molecule has 130 valence electrons. The molecule has 0 bridgehead atoms. The molecule has 0 aliphatic heterocycles. The Kier molecular flexibility index (Phi) is 6.17. The van der Waals surface area contributed by atoms with Gasteiger partial charge in [0.25, 0.3) is 0 Å². The largest absolute Gasteiger partial charge is 0.384 e. The van der Waals surface area contributed by atoms with Crippen molar-refractivity contribution in [3.8, 4) is 11.1 Å². The van der Waals surface area contributed by atoms with Gasteiger partial charge in [0.15, 0.2) is 0 Å². The van der Waals surface area contributed by atoms with Crippen LogP contribution in [0.5, 0.6) is 0 Å². The molecule has 6 nitrogen and oxygen atoms in total. The van der Waals surface area contributed by atoms with Crippen LogP contribution in [0.2, 0.25) is 0 Å². The van der Waals surface area contributed by atoms with Crippen LogP contribution in [0.3, 0.4) is 0 Å². The summed E-state index contributed by atoms with van der Waals surface area (Å²) in [4.78, 5) is 0. The maximum Gasteiger partial charge on any atom is 0.0877 e. The molecule has 0 spiro atoms. The summed E-state index contributed by atoms with van der Waals surface area (Å²) in [5.41, 5.74) is 4.50. The monoisotopic (exact) mass is 336 g/mol. The predicted molar refractivity (Wildman–Crippen MR) is 105 cm³/mol. The minimum Gasteiger partial charge on any atom is -0.384 e. The first-order valence-electron chi connectivity index (χ1n) is 7.88. The maximum absolute atomic E-state index is 4.20. The Morgan fingerprint density at radius 1 is 1.24 bits per heavy atom. The smallest absolute Gasteiger partial charge is 0.0877 e. The van der Waals surface area contributed by atoms with Crippen LogP contribution in [-0.2, 0) is 7.05 Å². The van der Waals surface area contributed by atoms with E-state index in [1.807, 2.05) is 43.9 Å². The van der Waals surface area contributed by atoms with Crippen LogP contribution in [0.15, 0.2) is 73.4 Å². The zero-order chi connectivity index (χ0) is 18.2. The number of allylic oxidation sites excluding steroid dienone is 3. The van der Waals surface area contributed by atoms with E-state index in [0.29, 0.717) is 6.54 Å². The van der Waals surface area contributed by atoms with Crippen LogP contribution < -0.4 is 10.6 Å². The minimum atomic E-state index is 0.699. The molecule has 2 aromatic rings. The van der Waals surface area contributed by atoms with Gasteiger partial charge in [0.1, 0.15) is 0 Å². The molecule has 2 N–H and O–H groups in total. The van der Waals surface area contributed by atoms with Crippen molar-refractivity contribution in [3.05, 3.63) is 74.0 Å². The molecule has 2 aromatic heterocycles. The molecule has 6 heteroatoms. The molecule has 0 aliphatic carbocycles. The molecular formula is C19H24N6. The summed E-state index contributed by atoms with van der Waals surface area (Å²) < 4.78 is 3.47. The summed E-state index contributed by atoms with van der Waals surface area (Å²) in [7, 11) is 1.89. The van der Waals surface area contributed by atoms with Gasteiger partial charge < -0.3 is 10.6 Å². The SMILES string of the molecule is C=C/C=C\C(=C)NCCNC(=C)c1cc(-c2cnn(C)c2)cn1N=C. The summed E-state index contributed by atoms with van der Waals surface area (Å²) >= 11 is 0. The maximum atomic E-state index is 4.20. The lowest BCUT2D eigenvalue weighted by Gasteiger charge is -2.11. The quantitative estimate of drug-likeness (QED) is 0.398. The molecule has 25 heavy (non-hydrogen) atoms. The van der Waals surface area contributed by atoms with Crippen molar-refractivity contribution in [1.29, 1.82) is 0 Å². The Balaban J connectivity index is 1.96. The Bertz CT molecular complexity index is 806. The molecule has 0 aromatic carbocycles. The van der Waals surface area contributed by atoms with Crippen molar-refractivity contribution in [3.63, 3.8) is 0 Å². The fourth-order valence-corrected chi connectivity index (χ4v) is 2.29. The number of aryl methyl sites for hydroxylation is 1. The number of nitrogens with zero attached hydrogens (tertiary/aromatic N) is 4. The van der Waals surface area contributed by atoms with Crippen molar-refractivity contribution in [1.82, 2.24) is 25.1 Å². The van der Waals surface area contributed by atoms with E-state index in [2.05, 4.69) is 47.3 Å². The minimum absolute atomic E-state index is 0.699. The molecule has 0 atom stereocenters. The summed E-state index contributed by atoms with van der Waals surface area (Å²) in [5.74, 6) is 0. The van der Waals surface area contributed by atoms with Gasteiger partial charge in [-0.2, -0.15) is 10.2 Å². The first kappa shape index (κ1) is 18.1. The normalized spacial score (nSPS) is 10.6. The van der Waals surface area contributed by atoms with Crippen LogP contribution in [0.1, 0.15) is 5.69 Å². The van der Waals surface area contributed by atoms with Gasteiger partial charge >= 0.3 is 0 Å². The molecule has 0 radical (unpaired) electrons. The van der Waals surface area contributed by atoms with Gasteiger partial charge in [0, 0.05) is 56.1 Å². The van der Waals surface area contributed by atoms with Crippen LogP contribution >= 0.6 is 0 Å². The number of rotatable bonds is 10. The number of hydrogen-bond donors (Lipinski definition) is 2. The van der Waals surface area contributed by atoms with Crippen molar-refractivity contribution in [2.24, 2.45) is 12.1 Å². The lowest BCUT2D eigenvalue weighted by Crippen LogP contribution is -2.25. The summed E-state index contributed by atoms with van der Waals surface area (Å²) in [6, 6.07) is 2.01. The molecule has 0 aliphatic rings. The molecular weight excluding hydrogens is 312 g/mol. The third-order valence-electron chi connectivity index (χ3n) is 3.55. The van der Waals surface area contributed by atoms with Crippen LogP contribution in [0.4, 0.5) is 0 Å². The van der Waals surface area contributed by atoms with E-state index >= 15 is 0 Å². The summed E-state index contributed by atoms with van der Waals surface area (Å²) in [6.07, 6.45) is 11.1. The molecule has 0 fully saturated rings. The number of nitrogens with one attached hydrogen (secondary N) is 2. The third-order valence-corrected chi connectivity index (χ3v) is 3.55. The van der Waals surface area contributed by atoms with E-state index in [4.69, 9.17) is 0 Å². The van der Waals surface area contributed by atoms with Gasteiger partial charge in [-0.25, -0.2) is 4.68 Å². The molecule has 0 saturated heterocycles.